The zero-order chi connectivity index (χ0) is 18.4. The molecule has 1 unspecified atom stereocenters. The summed E-state index contributed by atoms with van der Waals surface area (Å²) in [7, 11) is 1.62. The van der Waals surface area contributed by atoms with Gasteiger partial charge in [0.25, 0.3) is 0 Å². The molecule has 1 saturated heterocycles. The van der Waals surface area contributed by atoms with Crippen molar-refractivity contribution in [2.45, 2.75) is 25.3 Å². The van der Waals surface area contributed by atoms with Crippen LogP contribution in [0.15, 0.2) is 48.5 Å². The number of benzene rings is 2. The molecule has 0 radical (unpaired) electrons. The predicted octanol–water partition coefficient (Wildman–Crippen LogP) is 3.33. The second kappa shape index (κ2) is 8.81. The van der Waals surface area contributed by atoms with Gasteiger partial charge in [0.2, 0.25) is 5.91 Å². The van der Waals surface area contributed by atoms with E-state index in [-0.39, 0.29) is 17.8 Å². The van der Waals surface area contributed by atoms with Crippen LogP contribution < -0.4 is 10.1 Å². The highest BCUT2D eigenvalue weighted by atomic mass is 19.1. The van der Waals surface area contributed by atoms with Gasteiger partial charge < -0.3 is 10.1 Å². The van der Waals surface area contributed by atoms with Crippen LogP contribution in [0.5, 0.6) is 5.75 Å². The van der Waals surface area contributed by atoms with Crippen LogP contribution in [0.4, 0.5) is 4.39 Å². The number of hydrogen-bond donors (Lipinski definition) is 1. The minimum Gasteiger partial charge on any atom is -0.497 e. The molecule has 1 amide bonds. The Labute approximate surface area is 154 Å². The molecule has 1 atom stereocenters. The number of carbonyl (C=O) groups excluding carboxylic acids is 1. The summed E-state index contributed by atoms with van der Waals surface area (Å²) in [6.45, 7) is 2.55. The fraction of sp³-hybridized carbons (Fsp3) is 0.381. The molecule has 1 heterocycles. The van der Waals surface area contributed by atoms with Gasteiger partial charge in [-0.3, -0.25) is 9.69 Å². The molecule has 0 aromatic heterocycles. The third-order valence-corrected chi connectivity index (χ3v) is 4.85. The molecular weight excluding hydrogens is 331 g/mol. The number of ether oxygens (including phenoxy) is 1. The molecule has 5 heteroatoms. The van der Waals surface area contributed by atoms with Crippen LogP contribution in [0.25, 0.3) is 0 Å². The van der Waals surface area contributed by atoms with Crippen molar-refractivity contribution < 1.29 is 13.9 Å². The highest BCUT2D eigenvalue weighted by Crippen LogP contribution is 2.25. The Hall–Kier alpha value is -2.40. The number of amides is 1. The quantitative estimate of drug-likeness (QED) is 0.827. The lowest BCUT2D eigenvalue weighted by Crippen LogP contribution is -2.37. The second-order valence-electron chi connectivity index (χ2n) is 6.64. The summed E-state index contributed by atoms with van der Waals surface area (Å²) in [5.41, 5.74) is 1.99. The van der Waals surface area contributed by atoms with Gasteiger partial charge in [-0.1, -0.05) is 24.3 Å². The fourth-order valence-corrected chi connectivity index (χ4v) is 3.40. The molecule has 1 N–H and O–H groups in total. The van der Waals surface area contributed by atoms with E-state index in [1.54, 1.807) is 7.11 Å². The standard InChI is InChI=1S/C21H25FN2O2/c1-26-19-10-4-16(5-11-19)14-21(25)23-15-20(24-12-2-3-13-24)17-6-8-18(22)9-7-17/h4-11,20H,2-3,12-15H2,1H3,(H,23,25). The van der Waals surface area contributed by atoms with Gasteiger partial charge in [-0.15, -0.1) is 0 Å². The number of hydrogen-bond acceptors (Lipinski definition) is 3. The molecule has 2 aromatic rings. The van der Waals surface area contributed by atoms with Crippen LogP contribution in [0.1, 0.15) is 30.0 Å². The molecule has 1 aliphatic heterocycles. The average Bonchev–Trinajstić information content (AvgIpc) is 3.18. The Kier molecular flexibility index (Phi) is 6.23. The first kappa shape index (κ1) is 18.4. The molecule has 26 heavy (non-hydrogen) atoms. The molecule has 0 spiro atoms. The molecule has 0 aliphatic carbocycles. The van der Waals surface area contributed by atoms with Crippen molar-refractivity contribution in [2.75, 3.05) is 26.7 Å². The Balaban J connectivity index is 1.61. The van der Waals surface area contributed by atoms with Crippen molar-refractivity contribution in [3.63, 3.8) is 0 Å². The number of methoxy groups -OCH3 is 1. The van der Waals surface area contributed by atoms with Gasteiger partial charge in [-0.05, 0) is 61.3 Å². The fourth-order valence-electron chi connectivity index (χ4n) is 3.40. The van der Waals surface area contributed by atoms with Crippen molar-refractivity contribution in [3.05, 3.63) is 65.5 Å². The van der Waals surface area contributed by atoms with Gasteiger partial charge in [0.1, 0.15) is 11.6 Å². The summed E-state index contributed by atoms with van der Waals surface area (Å²) in [5.74, 6) is 0.526. The molecule has 1 fully saturated rings. The zero-order valence-corrected chi connectivity index (χ0v) is 15.1. The zero-order valence-electron chi connectivity index (χ0n) is 15.1. The summed E-state index contributed by atoms with van der Waals surface area (Å²) in [4.78, 5) is 14.7. The normalized spacial score (nSPS) is 15.6. The molecule has 0 bridgehead atoms. The molecular formula is C21H25FN2O2. The number of carbonyl (C=O) groups is 1. The number of nitrogens with one attached hydrogen (secondary N) is 1. The van der Waals surface area contributed by atoms with E-state index in [1.165, 1.54) is 12.1 Å². The molecule has 4 nitrogen and oxygen atoms in total. The summed E-state index contributed by atoms with van der Waals surface area (Å²) in [6, 6.07) is 14.2. The molecule has 1 aliphatic rings. The number of halogens is 1. The van der Waals surface area contributed by atoms with Crippen LogP contribution in [0, 0.1) is 5.82 Å². The van der Waals surface area contributed by atoms with E-state index in [2.05, 4.69) is 10.2 Å². The lowest BCUT2D eigenvalue weighted by atomic mass is 10.0. The molecule has 138 valence electrons. The summed E-state index contributed by atoms with van der Waals surface area (Å²) >= 11 is 0. The van der Waals surface area contributed by atoms with Gasteiger partial charge in [-0.25, -0.2) is 4.39 Å². The largest absolute Gasteiger partial charge is 0.497 e. The maximum Gasteiger partial charge on any atom is 0.224 e. The van der Waals surface area contributed by atoms with Crippen LogP contribution in [0.2, 0.25) is 0 Å². The van der Waals surface area contributed by atoms with Crippen molar-refractivity contribution in [1.29, 1.82) is 0 Å². The van der Waals surface area contributed by atoms with Crippen LogP contribution in [0.3, 0.4) is 0 Å². The van der Waals surface area contributed by atoms with Gasteiger partial charge in [0.15, 0.2) is 0 Å². The van der Waals surface area contributed by atoms with E-state index in [1.807, 2.05) is 36.4 Å². The maximum absolute atomic E-state index is 13.2. The first-order valence-electron chi connectivity index (χ1n) is 9.05. The van der Waals surface area contributed by atoms with Gasteiger partial charge >= 0.3 is 0 Å². The lowest BCUT2D eigenvalue weighted by Gasteiger charge is -2.28. The summed E-state index contributed by atoms with van der Waals surface area (Å²) in [5, 5.41) is 3.04. The number of nitrogens with zero attached hydrogens (tertiary/aromatic N) is 1. The van der Waals surface area contributed by atoms with E-state index in [4.69, 9.17) is 4.74 Å². The van der Waals surface area contributed by atoms with Crippen molar-refractivity contribution in [2.24, 2.45) is 0 Å². The number of likely N-dealkylation sites (tertiary alicyclic amines) is 1. The van der Waals surface area contributed by atoms with E-state index < -0.39 is 0 Å². The SMILES string of the molecule is COc1ccc(CC(=O)NCC(c2ccc(F)cc2)N2CCCC2)cc1. The first-order valence-corrected chi connectivity index (χ1v) is 9.05. The van der Waals surface area contributed by atoms with Crippen LogP contribution in [-0.4, -0.2) is 37.6 Å². The summed E-state index contributed by atoms with van der Waals surface area (Å²) < 4.78 is 18.4. The van der Waals surface area contributed by atoms with Crippen LogP contribution >= 0.6 is 0 Å². The third-order valence-electron chi connectivity index (χ3n) is 4.85. The Morgan fingerprint density at radius 3 is 2.38 bits per heavy atom. The van der Waals surface area contributed by atoms with Crippen molar-refractivity contribution in [3.8, 4) is 5.75 Å². The Morgan fingerprint density at radius 2 is 1.77 bits per heavy atom. The van der Waals surface area contributed by atoms with Crippen LogP contribution in [-0.2, 0) is 11.2 Å². The van der Waals surface area contributed by atoms with Crippen molar-refractivity contribution >= 4 is 5.91 Å². The highest BCUT2D eigenvalue weighted by Gasteiger charge is 2.24. The van der Waals surface area contributed by atoms with Gasteiger partial charge in [-0.2, -0.15) is 0 Å². The smallest absolute Gasteiger partial charge is 0.224 e. The Bertz CT molecular complexity index is 710. The minimum absolute atomic E-state index is 0.0125. The maximum atomic E-state index is 13.2. The third kappa shape index (κ3) is 4.82. The minimum atomic E-state index is -0.238. The first-order chi connectivity index (χ1) is 12.7. The van der Waals surface area contributed by atoms with Gasteiger partial charge in [0.05, 0.1) is 19.6 Å². The molecule has 0 saturated carbocycles. The predicted molar refractivity (Wildman–Crippen MR) is 99.7 cm³/mol. The van der Waals surface area contributed by atoms with E-state index >= 15 is 0 Å². The topological polar surface area (TPSA) is 41.6 Å². The second-order valence-corrected chi connectivity index (χ2v) is 6.64. The lowest BCUT2D eigenvalue weighted by molar-refractivity contribution is -0.120. The number of rotatable bonds is 7. The highest BCUT2D eigenvalue weighted by molar-refractivity contribution is 5.78. The Morgan fingerprint density at radius 1 is 1.12 bits per heavy atom. The monoisotopic (exact) mass is 356 g/mol. The average molecular weight is 356 g/mol. The molecule has 3 rings (SSSR count). The molecule has 2 aromatic carbocycles. The van der Waals surface area contributed by atoms with E-state index in [0.29, 0.717) is 13.0 Å². The van der Waals surface area contributed by atoms with Crippen molar-refractivity contribution in [1.82, 2.24) is 10.2 Å². The van der Waals surface area contributed by atoms with E-state index in [9.17, 15) is 9.18 Å². The van der Waals surface area contributed by atoms with E-state index in [0.717, 1.165) is 42.8 Å². The van der Waals surface area contributed by atoms with Gasteiger partial charge in [0, 0.05) is 6.54 Å². The summed E-state index contributed by atoms with van der Waals surface area (Å²) in [6.07, 6.45) is 2.66.